The monoisotopic (exact) mass is 228 g/mol. The van der Waals surface area contributed by atoms with Crippen LogP contribution in [0.4, 0.5) is 8.78 Å². The first-order chi connectivity index (χ1) is 6.44. The second-order valence-electron chi connectivity index (χ2n) is 3.73. The van der Waals surface area contributed by atoms with Crippen molar-refractivity contribution < 1.29 is 22.3 Å². The van der Waals surface area contributed by atoms with Crippen LogP contribution in [-0.2, 0) is 9.84 Å². The topological polar surface area (TPSA) is 54.4 Å². The molecule has 0 aliphatic carbocycles. The highest BCUT2D eigenvalue weighted by atomic mass is 32.2. The largest absolute Gasteiger partial charge is 0.396 e. The highest BCUT2D eigenvalue weighted by molar-refractivity contribution is 7.91. The number of aliphatic hydroxyl groups excluding tert-OH is 1. The molecule has 2 atom stereocenters. The Morgan fingerprint density at radius 2 is 2.00 bits per heavy atom. The van der Waals surface area contributed by atoms with E-state index in [1.54, 1.807) is 0 Å². The van der Waals surface area contributed by atoms with Crippen molar-refractivity contribution in [2.45, 2.75) is 19.3 Å². The van der Waals surface area contributed by atoms with E-state index in [2.05, 4.69) is 0 Å². The summed E-state index contributed by atoms with van der Waals surface area (Å²) in [7, 11) is -3.16. The van der Waals surface area contributed by atoms with Crippen LogP contribution < -0.4 is 0 Å². The zero-order chi connectivity index (χ0) is 10.8. The van der Waals surface area contributed by atoms with Gasteiger partial charge in [-0.25, -0.2) is 17.2 Å². The lowest BCUT2D eigenvalue weighted by atomic mass is 9.89. The van der Waals surface area contributed by atoms with E-state index in [9.17, 15) is 17.2 Å². The fraction of sp³-hybridized carbons (Fsp3) is 1.00. The molecule has 2 unspecified atom stereocenters. The zero-order valence-corrected chi connectivity index (χ0v) is 8.51. The average Bonchev–Trinajstić information content (AvgIpc) is 2.01. The van der Waals surface area contributed by atoms with Gasteiger partial charge < -0.3 is 5.11 Å². The molecule has 0 bridgehead atoms. The molecule has 14 heavy (non-hydrogen) atoms. The van der Waals surface area contributed by atoms with Crippen molar-refractivity contribution in [1.82, 2.24) is 0 Å². The summed E-state index contributed by atoms with van der Waals surface area (Å²) < 4.78 is 46.6. The molecule has 1 saturated heterocycles. The van der Waals surface area contributed by atoms with Crippen LogP contribution in [-0.4, -0.2) is 38.1 Å². The van der Waals surface area contributed by atoms with Crippen LogP contribution in [0.3, 0.4) is 0 Å². The van der Waals surface area contributed by atoms with Gasteiger partial charge in [0.2, 0.25) is 6.43 Å². The fourth-order valence-electron chi connectivity index (χ4n) is 1.84. The van der Waals surface area contributed by atoms with Crippen molar-refractivity contribution in [2.24, 2.45) is 11.8 Å². The molecule has 0 spiro atoms. The van der Waals surface area contributed by atoms with Gasteiger partial charge in [-0.2, -0.15) is 0 Å². The fourth-order valence-corrected chi connectivity index (χ4v) is 3.73. The molecular formula is C8H14F2O3S. The summed E-state index contributed by atoms with van der Waals surface area (Å²) in [4.78, 5) is 0. The van der Waals surface area contributed by atoms with Gasteiger partial charge in [0.05, 0.1) is 11.5 Å². The van der Waals surface area contributed by atoms with Crippen molar-refractivity contribution >= 4 is 9.84 Å². The van der Waals surface area contributed by atoms with E-state index < -0.39 is 28.6 Å². The number of hydrogen-bond acceptors (Lipinski definition) is 3. The molecule has 1 N–H and O–H groups in total. The van der Waals surface area contributed by atoms with Gasteiger partial charge in [-0.15, -0.1) is 0 Å². The molecule has 1 heterocycles. The minimum absolute atomic E-state index is 0.0119. The first-order valence-corrected chi connectivity index (χ1v) is 6.36. The summed E-state index contributed by atoms with van der Waals surface area (Å²) in [5.41, 5.74) is 0. The lowest BCUT2D eigenvalue weighted by Crippen LogP contribution is -2.35. The van der Waals surface area contributed by atoms with Crippen LogP contribution in [0.25, 0.3) is 0 Å². The van der Waals surface area contributed by atoms with Gasteiger partial charge in [-0.05, 0) is 18.3 Å². The van der Waals surface area contributed by atoms with Crippen LogP contribution in [0.15, 0.2) is 0 Å². The highest BCUT2D eigenvalue weighted by Crippen LogP contribution is 2.29. The molecule has 6 heteroatoms. The van der Waals surface area contributed by atoms with Crippen molar-refractivity contribution in [1.29, 1.82) is 0 Å². The second kappa shape index (κ2) is 4.53. The molecule has 1 rings (SSSR count). The van der Waals surface area contributed by atoms with Crippen molar-refractivity contribution in [2.75, 3.05) is 18.1 Å². The van der Waals surface area contributed by atoms with Crippen molar-refractivity contribution in [3.05, 3.63) is 0 Å². The minimum Gasteiger partial charge on any atom is -0.396 e. The third-order valence-electron chi connectivity index (χ3n) is 2.65. The standard InChI is InChI=1S/C8H14F2O3S/c9-8(10)3-7-5-14(12,13)2-1-6(7)4-11/h6-8,11H,1-5H2. The number of hydrogen-bond donors (Lipinski definition) is 1. The van der Waals surface area contributed by atoms with E-state index in [0.717, 1.165) is 0 Å². The summed E-state index contributed by atoms with van der Waals surface area (Å²) >= 11 is 0. The van der Waals surface area contributed by atoms with E-state index in [0.29, 0.717) is 6.42 Å². The van der Waals surface area contributed by atoms with Gasteiger partial charge in [-0.3, -0.25) is 0 Å². The molecule has 3 nitrogen and oxygen atoms in total. The Balaban J connectivity index is 2.65. The Morgan fingerprint density at radius 1 is 1.36 bits per heavy atom. The number of halogens is 2. The van der Waals surface area contributed by atoms with Crippen LogP contribution in [0.2, 0.25) is 0 Å². The summed E-state index contributed by atoms with van der Waals surface area (Å²) in [6.45, 7) is -0.201. The Hall–Kier alpha value is -0.230. The average molecular weight is 228 g/mol. The summed E-state index contributed by atoms with van der Waals surface area (Å²) in [5, 5.41) is 8.90. The van der Waals surface area contributed by atoms with Crippen molar-refractivity contribution in [3.63, 3.8) is 0 Å². The molecule has 0 saturated carbocycles. The highest BCUT2D eigenvalue weighted by Gasteiger charge is 2.34. The number of sulfone groups is 1. The summed E-state index contributed by atoms with van der Waals surface area (Å²) in [5.74, 6) is -1.06. The molecular weight excluding hydrogens is 214 g/mol. The smallest absolute Gasteiger partial charge is 0.238 e. The molecule has 0 aromatic heterocycles. The van der Waals surface area contributed by atoms with Gasteiger partial charge in [0.25, 0.3) is 0 Å². The number of rotatable bonds is 3. The van der Waals surface area contributed by atoms with E-state index >= 15 is 0 Å². The second-order valence-corrected chi connectivity index (χ2v) is 5.96. The Kier molecular flexibility index (Phi) is 3.83. The van der Waals surface area contributed by atoms with Gasteiger partial charge in [0, 0.05) is 13.0 Å². The third kappa shape index (κ3) is 3.16. The normalized spacial score (nSPS) is 32.0. The van der Waals surface area contributed by atoms with E-state index in [-0.39, 0.29) is 24.0 Å². The summed E-state index contributed by atoms with van der Waals surface area (Å²) in [6, 6.07) is 0. The minimum atomic E-state index is -3.16. The predicted octanol–water partition coefficient (Wildman–Crippen LogP) is 0.685. The Labute approximate surface area is 82.0 Å². The van der Waals surface area contributed by atoms with Gasteiger partial charge in [0.1, 0.15) is 0 Å². The van der Waals surface area contributed by atoms with Crippen molar-refractivity contribution in [3.8, 4) is 0 Å². The lowest BCUT2D eigenvalue weighted by molar-refractivity contribution is 0.0841. The molecule has 84 valence electrons. The van der Waals surface area contributed by atoms with Crippen LogP contribution in [0.1, 0.15) is 12.8 Å². The number of alkyl halides is 2. The Bertz CT molecular complexity index is 276. The molecule has 0 aromatic carbocycles. The lowest BCUT2D eigenvalue weighted by Gasteiger charge is -2.29. The first kappa shape index (κ1) is 11.8. The van der Waals surface area contributed by atoms with Crippen LogP contribution in [0, 0.1) is 11.8 Å². The van der Waals surface area contributed by atoms with Crippen LogP contribution in [0.5, 0.6) is 0 Å². The number of aliphatic hydroxyl groups is 1. The molecule has 0 amide bonds. The van der Waals surface area contributed by atoms with E-state index in [1.807, 2.05) is 0 Å². The van der Waals surface area contributed by atoms with Gasteiger partial charge in [-0.1, -0.05) is 0 Å². The van der Waals surface area contributed by atoms with Gasteiger partial charge in [0.15, 0.2) is 9.84 Å². The predicted molar refractivity (Wildman–Crippen MR) is 48.0 cm³/mol. The van der Waals surface area contributed by atoms with Crippen LogP contribution >= 0.6 is 0 Å². The molecule has 1 fully saturated rings. The molecule has 0 radical (unpaired) electrons. The maximum Gasteiger partial charge on any atom is 0.238 e. The maximum atomic E-state index is 12.1. The SMILES string of the molecule is O=S1(=O)CCC(CO)C(CC(F)F)C1. The van der Waals surface area contributed by atoms with E-state index in [4.69, 9.17) is 5.11 Å². The third-order valence-corrected chi connectivity index (χ3v) is 4.44. The quantitative estimate of drug-likeness (QED) is 0.773. The molecule has 1 aliphatic rings. The first-order valence-electron chi connectivity index (χ1n) is 4.54. The molecule has 1 aliphatic heterocycles. The zero-order valence-electron chi connectivity index (χ0n) is 7.70. The molecule has 0 aromatic rings. The summed E-state index contributed by atoms with van der Waals surface area (Å²) in [6.07, 6.45) is -2.62. The Morgan fingerprint density at radius 3 is 2.50 bits per heavy atom. The van der Waals surface area contributed by atoms with E-state index in [1.165, 1.54) is 0 Å². The maximum absolute atomic E-state index is 12.1. The van der Waals surface area contributed by atoms with Gasteiger partial charge >= 0.3 is 0 Å².